The Morgan fingerprint density at radius 3 is 2.95 bits per heavy atom. The number of carbonyl (C=O) groups excluding carboxylic acids is 1. The minimum absolute atomic E-state index is 0.0312. The van der Waals surface area contributed by atoms with Crippen LogP contribution in [0.1, 0.15) is 12.0 Å². The molecule has 1 aromatic rings. The monoisotopic (exact) mass is 258 g/mol. The molecule has 1 heterocycles. The Morgan fingerprint density at radius 2 is 2.21 bits per heavy atom. The highest BCUT2D eigenvalue weighted by atomic mass is 16.5. The number of hydrogen-bond acceptors (Lipinski definition) is 4. The first-order valence-corrected chi connectivity index (χ1v) is 5.98. The van der Waals surface area contributed by atoms with Crippen molar-refractivity contribution in [1.29, 1.82) is 5.26 Å². The van der Waals surface area contributed by atoms with E-state index in [2.05, 4.69) is 5.32 Å². The van der Waals surface area contributed by atoms with Crippen molar-refractivity contribution in [3.63, 3.8) is 0 Å². The fourth-order valence-corrected chi connectivity index (χ4v) is 1.77. The van der Waals surface area contributed by atoms with Crippen LogP contribution in [0, 0.1) is 11.3 Å². The molecule has 0 radical (unpaired) electrons. The lowest BCUT2D eigenvalue weighted by atomic mass is 10.1. The van der Waals surface area contributed by atoms with Crippen molar-refractivity contribution in [1.82, 2.24) is 5.32 Å². The van der Waals surface area contributed by atoms with Gasteiger partial charge in [-0.1, -0.05) is 12.1 Å². The summed E-state index contributed by atoms with van der Waals surface area (Å²) in [5, 5.41) is 11.4. The van der Waals surface area contributed by atoms with E-state index in [4.69, 9.17) is 14.7 Å². The van der Waals surface area contributed by atoms with E-state index in [1.54, 1.807) is 12.1 Å². The minimum Gasteiger partial charge on any atom is -0.490 e. The Labute approximate surface area is 111 Å². The summed E-state index contributed by atoms with van der Waals surface area (Å²) in [4.78, 5) is 11.5. The number of benzene rings is 1. The second-order valence-electron chi connectivity index (χ2n) is 3.97. The number of likely N-dealkylation sites (N-methyl/N-ethyl adjacent to an activating group) is 1. The summed E-state index contributed by atoms with van der Waals surface area (Å²) in [6.45, 7) is 1.15. The molecule has 0 unspecified atom stereocenters. The summed E-state index contributed by atoms with van der Waals surface area (Å²) < 4.78 is 11.2. The van der Waals surface area contributed by atoms with Crippen molar-refractivity contribution in [3.05, 3.63) is 29.3 Å². The maximum absolute atomic E-state index is 11.5. The third-order valence-corrected chi connectivity index (χ3v) is 2.69. The Balaban J connectivity index is 2.43. The Bertz CT molecular complexity index is 558. The van der Waals surface area contributed by atoms with Crippen LogP contribution in [0.3, 0.4) is 0 Å². The smallest absolute Gasteiger partial charge is 0.261 e. The molecule has 1 N–H and O–H groups in total. The molecule has 0 saturated heterocycles. The number of nitriles is 1. The number of hydrogen-bond donors (Lipinski definition) is 1. The first kappa shape index (κ1) is 13.0. The van der Waals surface area contributed by atoms with Gasteiger partial charge in [0.25, 0.3) is 5.91 Å². The van der Waals surface area contributed by atoms with E-state index in [9.17, 15) is 4.79 Å². The molecule has 19 heavy (non-hydrogen) atoms. The lowest BCUT2D eigenvalue weighted by molar-refractivity contribution is -0.116. The number of rotatable bonds is 2. The lowest BCUT2D eigenvalue weighted by Gasteiger charge is -2.10. The molecule has 0 aliphatic carbocycles. The predicted octanol–water partition coefficient (Wildman–Crippen LogP) is 1.50. The van der Waals surface area contributed by atoms with Crippen LogP contribution in [0.5, 0.6) is 11.5 Å². The summed E-state index contributed by atoms with van der Waals surface area (Å²) >= 11 is 0. The molecular formula is C14H14N2O3. The number of ether oxygens (including phenoxy) is 2. The van der Waals surface area contributed by atoms with Crippen molar-refractivity contribution >= 4 is 12.0 Å². The first-order chi connectivity index (χ1) is 9.26. The fraction of sp³-hybridized carbons (Fsp3) is 0.286. The highest BCUT2D eigenvalue weighted by molar-refractivity contribution is 6.01. The third kappa shape index (κ3) is 2.86. The van der Waals surface area contributed by atoms with Gasteiger partial charge in [-0.05, 0) is 12.1 Å². The van der Waals surface area contributed by atoms with E-state index in [1.807, 2.05) is 12.1 Å². The molecule has 0 saturated carbocycles. The quantitative estimate of drug-likeness (QED) is 0.644. The van der Waals surface area contributed by atoms with Gasteiger partial charge in [0.05, 0.1) is 13.2 Å². The zero-order valence-corrected chi connectivity index (χ0v) is 10.6. The number of para-hydroxylation sites is 1. The highest BCUT2D eigenvalue weighted by Crippen LogP contribution is 2.34. The molecule has 1 aromatic carbocycles. The van der Waals surface area contributed by atoms with E-state index < -0.39 is 5.91 Å². The molecule has 0 fully saturated rings. The summed E-state index contributed by atoms with van der Waals surface area (Å²) in [5.41, 5.74) is 0.697. The van der Waals surface area contributed by atoms with Crippen molar-refractivity contribution in [2.45, 2.75) is 6.42 Å². The molecule has 0 bridgehead atoms. The van der Waals surface area contributed by atoms with Crippen LogP contribution in [0.25, 0.3) is 6.08 Å². The summed E-state index contributed by atoms with van der Waals surface area (Å²) in [5.74, 6) is 0.798. The van der Waals surface area contributed by atoms with Gasteiger partial charge in [0.1, 0.15) is 11.6 Å². The SMILES string of the molecule is CNC(=O)/C(C#N)=C\c1cccc2c1OCCCO2. The second-order valence-corrected chi connectivity index (χ2v) is 3.97. The average Bonchev–Trinajstić information content (AvgIpc) is 2.69. The molecule has 0 atom stereocenters. The molecule has 2 rings (SSSR count). The zero-order chi connectivity index (χ0) is 13.7. The van der Waals surface area contributed by atoms with E-state index >= 15 is 0 Å². The maximum Gasteiger partial charge on any atom is 0.261 e. The van der Waals surface area contributed by atoms with Gasteiger partial charge in [-0.25, -0.2) is 0 Å². The van der Waals surface area contributed by atoms with E-state index in [-0.39, 0.29) is 5.57 Å². The number of amides is 1. The number of carbonyl (C=O) groups is 1. The molecular weight excluding hydrogens is 244 g/mol. The van der Waals surface area contributed by atoms with Crippen molar-refractivity contribution in [2.75, 3.05) is 20.3 Å². The highest BCUT2D eigenvalue weighted by Gasteiger charge is 2.15. The molecule has 98 valence electrons. The Kier molecular flexibility index (Phi) is 4.04. The van der Waals surface area contributed by atoms with Crippen LogP contribution in [0.15, 0.2) is 23.8 Å². The van der Waals surface area contributed by atoms with E-state index in [1.165, 1.54) is 13.1 Å². The Hall–Kier alpha value is -2.48. The summed E-state index contributed by atoms with van der Waals surface area (Å²) in [7, 11) is 1.48. The normalized spacial score (nSPS) is 14.2. The number of nitrogens with one attached hydrogen (secondary N) is 1. The second kappa shape index (κ2) is 5.91. The van der Waals surface area contributed by atoms with Crippen LogP contribution in [0.2, 0.25) is 0 Å². The first-order valence-electron chi connectivity index (χ1n) is 5.98. The van der Waals surface area contributed by atoms with E-state index in [0.29, 0.717) is 30.3 Å². The van der Waals surface area contributed by atoms with Gasteiger partial charge in [-0.3, -0.25) is 4.79 Å². The van der Waals surface area contributed by atoms with Gasteiger partial charge in [0, 0.05) is 19.0 Å². The van der Waals surface area contributed by atoms with Crippen LogP contribution in [0.4, 0.5) is 0 Å². The molecule has 5 heteroatoms. The Morgan fingerprint density at radius 1 is 1.42 bits per heavy atom. The molecule has 5 nitrogen and oxygen atoms in total. The fourth-order valence-electron chi connectivity index (χ4n) is 1.77. The largest absolute Gasteiger partial charge is 0.490 e. The van der Waals surface area contributed by atoms with Crippen molar-refractivity contribution < 1.29 is 14.3 Å². The van der Waals surface area contributed by atoms with Gasteiger partial charge in [-0.15, -0.1) is 0 Å². The van der Waals surface area contributed by atoms with Gasteiger partial charge < -0.3 is 14.8 Å². The van der Waals surface area contributed by atoms with E-state index in [0.717, 1.165) is 6.42 Å². The number of fused-ring (bicyclic) bond motifs is 1. The topological polar surface area (TPSA) is 71.4 Å². The molecule has 1 aliphatic rings. The van der Waals surface area contributed by atoms with Gasteiger partial charge >= 0.3 is 0 Å². The average molecular weight is 258 g/mol. The minimum atomic E-state index is -0.422. The maximum atomic E-state index is 11.5. The van der Waals surface area contributed by atoms with Gasteiger partial charge in [0.15, 0.2) is 11.5 Å². The van der Waals surface area contributed by atoms with Crippen LogP contribution >= 0.6 is 0 Å². The third-order valence-electron chi connectivity index (χ3n) is 2.69. The molecule has 0 aromatic heterocycles. The summed E-state index contributed by atoms with van der Waals surface area (Å²) in [6.07, 6.45) is 2.31. The summed E-state index contributed by atoms with van der Waals surface area (Å²) in [6, 6.07) is 7.28. The molecule has 1 amide bonds. The number of nitrogens with zero attached hydrogens (tertiary/aromatic N) is 1. The standard InChI is InChI=1S/C14H14N2O3/c1-16-14(17)11(9-15)8-10-4-2-5-12-13(10)19-7-3-6-18-12/h2,4-5,8H,3,6-7H2,1H3,(H,16,17)/b11-8-. The van der Waals surface area contributed by atoms with Crippen molar-refractivity contribution in [3.8, 4) is 17.6 Å². The van der Waals surface area contributed by atoms with Crippen LogP contribution in [-0.4, -0.2) is 26.2 Å². The van der Waals surface area contributed by atoms with Crippen LogP contribution in [-0.2, 0) is 4.79 Å². The predicted molar refractivity (Wildman–Crippen MR) is 69.7 cm³/mol. The lowest BCUT2D eigenvalue weighted by Crippen LogP contribution is -2.19. The van der Waals surface area contributed by atoms with Crippen LogP contribution < -0.4 is 14.8 Å². The van der Waals surface area contributed by atoms with Crippen molar-refractivity contribution in [2.24, 2.45) is 0 Å². The molecule has 1 aliphatic heterocycles. The molecule has 0 spiro atoms. The van der Waals surface area contributed by atoms with Gasteiger partial charge in [0.2, 0.25) is 0 Å². The van der Waals surface area contributed by atoms with Gasteiger partial charge in [-0.2, -0.15) is 5.26 Å². The zero-order valence-electron chi connectivity index (χ0n) is 10.6.